The fraction of sp³-hybridized carbons (Fsp3) is 0.278. The Bertz CT molecular complexity index is 564. The van der Waals surface area contributed by atoms with Gasteiger partial charge in [0.1, 0.15) is 0 Å². The molecule has 0 heterocycles. The smallest absolute Gasteiger partial charge is 0.222 e. The standard InChI is InChI=1S/C18H22N2O/c1-20(14-16-10-12-17(19)13-11-16)18(21)9-5-8-15-6-3-2-4-7-15/h2-4,6-7,10-13H,5,8-9,14,19H2,1H3. The minimum absolute atomic E-state index is 0.183. The first kappa shape index (κ1) is 15.1. The van der Waals surface area contributed by atoms with Crippen LogP contribution in [0.3, 0.4) is 0 Å². The third-order valence-corrected chi connectivity index (χ3v) is 3.52. The molecule has 0 saturated carbocycles. The summed E-state index contributed by atoms with van der Waals surface area (Å²) in [5, 5.41) is 0. The van der Waals surface area contributed by atoms with E-state index in [1.165, 1.54) is 5.56 Å². The summed E-state index contributed by atoms with van der Waals surface area (Å²) in [7, 11) is 1.85. The van der Waals surface area contributed by atoms with Gasteiger partial charge in [-0.2, -0.15) is 0 Å². The number of hydrogen-bond acceptors (Lipinski definition) is 2. The van der Waals surface area contributed by atoms with Crippen molar-refractivity contribution in [2.45, 2.75) is 25.8 Å². The first-order chi connectivity index (χ1) is 10.1. The predicted molar refractivity (Wildman–Crippen MR) is 86.7 cm³/mol. The fourth-order valence-electron chi connectivity index (χ4n) is 2.26. The Labute approximate surface area is 126 Å². The molecule has 2 aromatic carbocycles. The number of carbonyl (C=O) groups is 1. The molecule has 0 radical (unpaired) electrons. The van der Waals surface area contributed by atoms with E-state index < -0.39 is 0 Å². The van der Waals surface area contributed by atoms with E-state index in [0.717, 1.165) is 24.1 Å². The molecule has 0 aliphatic carbocycles. The van der Waals surface area contributed by atoms with Gasteiger partial charge in [-0.1, -0.05) is 42.5 Å². The highest BCUT2D eigenvalue weighted by atomic mass is 16.2. The lowest BCUT2D eigenvalue weighted by atomic mass is 10.1. The van der Waals surface area contributed by atoms with E-state index in [1.807, 2.05) is 49.5 Å². The van der Waals surface area contributed by atoms with Gasteiger partial charge in [0.2, 0.25) is 5.91 Å². The van der Waals surface area contributed by atoms with Gasteiger partial charge in [0.05, 0.1) is 0 Å². The summed E-state index contributed by atoms with van der Waals surface area (Å²) in [5.41, 5.74) is 8.79. The second-order valence-electron chi connectivity index (χ2n) is 5.33. The molecular formula is C18H22N2O. The van der Waals surface area contributed by atoms with Crippen LogP contribution in [0.1, 0.15) is 24.0 Å². The lowest BCUT2D eigenvalue weighted by molar-refractivity contribution is -0.130. The van der Waals surface area contributed by atoms with E-state index in [2.05, 4.69) is 12.1 Å². The first-order valence-electron chi connectivity index (χ1n) is 7.27. The molecule has 0 aliphatic heterocycles. The number of nitrogens with zero attached hydrogens (tertiary/aromatic N) is 1. The molecule has 0 bridgehead atoms. The van der Waals surface area contributed by atoms with Gasteiger partial charge < -0.3 is 10.6 Å². The van der Waals surface area contributed by atoms with E-state index in [0.29, 0.717) is 13.0 Å². The highest BCUT2D eigenvalue weighted by Crippen LogP contribution is 2.10. The zero-order valence-corrected chi connectivity index (χ0v) is 12.5. The number of amides is 1. The van der Waals surface area contributed by atoms with E-state index >= 15 is 0 Å². The molecule has 2 rings (SSSR count). The molecule has 0 atom stereocenters. The minimum Gasteiger partial charge on any atom is -0.399 e. The number of rotatable bonds is 6. The van der Waals surface area contributed by atoms with Gasteiger partial charge in [-0.05, 0) is 36.1 Å². The van der Waals surface area contributed by atoms with E-state index in [1.54, 1.807) is 4.90 Å². The summed E-state index contributed by atoms with van der Waals surface area (Å²) in [5.74, 6) is 0.183. The molecule has 0 unspecified atom stereocenters. The molecule has 1 amide bonds. The summed E-state index contributed by atoms with van der Waals surface area (Å²) >= 11 is 0. The molecule has 0 fully saturated rings. The molecule has 21 heavy (non-hydrogen) atoms. The maximum Gasteiger partial charge on any atom is 0.222 e. The third-order valence-electron chi connectivity index (χ3n) is 3.52. The molecule has 3 nitrogen and oxygen atoms in total. The summed E-state index contributed by atoms with van der Waals surface area (Å²) in [6, 6.07) is 17.9. The van der Waals surface area contributed by atoms with Crippen molar-refractivity contribution >= 4 is 11.6 Å². The lowest BCUT2D eigenvalue weighted by Gasteiger charge is -2.17. The fourth-order valence-corrected chi connectivity index (χ4v) is 2.26. The van der Waals surface area contributed by atoms with Gasteiger partial charge in [-0.25, -0.2) is 0 Å². The highest BCUT2D eigenvalue weighted by Gasteiger charge is 2.09. The second-order valence-corrected chi connectivity index (χ2v) is 5.33. The van der Waals surface area contributed by atoms with Crippen LogP contribution in [0, 0.1) is 0 Å². The summed E-state index contributed by atoms with van der Waals surface area (Å²) in [6.07, 6.45) is 2.41. The van der Waals surface area contributed by atoms with Gasteiger partial charge >= 0.3 is 0 Å². The highest BCUT2D eigenvalue weighted by molar-refractivity contribution is 5.75. The molecule has 0 aliphatic rings. The van der Waals surface area contributed by atoms with Crippen LogP contribution in [0.4, 0.5) is 5.69 Å². The number of benzene rings is 2. The molecule has 110 valence electrons. The maximum atomic E-state index is 12.1. The summed E-state index contributed by atoms with van der Waals surface area (Å²) < 4.78 is 0. The topological polar surface area (TPSA) is 46.3 Å². The molecular weight excluding hydrogens is 260 g/mol. The Morgan fingerprint density at radius 3 is 2.33 bits per heavy atom. The van der Waals surface area contributed by atoms with Crippen molar-refractivity contribution in [1.29, 1.82) is 0 Å². The average Bonchev–Trinajstić information content (AvgIpc) is 2.50. The van der Waals surface area contributed by atoms with E-state index in [9.17, 15) is 4.79 Å². The Kier molecular flexibility index (Phi) is 5.38. The maximum absolute atomic E-state index is 12.1. The number of nitrogen functional groups attached to an aromatic ring is 1. The van der Waals surface area contributed by atoms with Crippen LogP contribution in [0.25, 0.3) is 0 Å². The van der Waals surface area contributed by atoms with E-state index in [-0.39, 0.29) is 5.91 Å². The Hall–Kier alpha value is -2.29. The molecule has 0 spiro atoms. The largest absolute Gasteiger partial charge is 0.399 e. The van der Waals surface area contributed by atoms with Crippen LogP contribution in [0.5, 0.6) is 0 Å². The van der Waals surface area contributed by atoms with Crippen molar-refractivity contribution < 1.29 is 4.79 Å². The predicted octanol–water partition coefficient (Wildman–Crippen LogP) is 3.25. The van der Waals surface area contributed by atoms with Crippen LogP contribution in [0.15, 0.2) is 54.6 Å². The van der Waals surface area contributed by atoms with Crippen molar-refractivity contribution in [1.82, 2.24) is 4.90 Å². The molecule has 2 aromatic rings. The SMILES string of the molecule is CN(Cc1ccc(N)cc1)C(=O)CCCc1ccccc1. The van der Waals surface area contributed by atoms with E-state index in [4.69, 9.17) is 5.73 Å². The van der Waals surface area contributed by atoms with Crippen LogP contribution < -0.4 is 5.73 Å². The van der Waals surface area contributed by atoms with Crippen molar-refractivity contribution in [3.63, 3.8) is 0 Å². The Morgan fingerprint density at radius 2 is 1.67 bits per heavy atom. The van der Waals surface area contributed by atoms with Gasteiger partial charge in [0, 0.05) is 25.7 Å². The monoisotopic (exact) mass is 282 g/mol. The second kappa shape index (κ2) is 7.48. The van der Waals surface area contributed by atoms with Crippen molar-refractivity contribution in [3.8, 4) is 0 Å². The molecule has 2 N–H and O–H groups in total. The Morgan fingerprint density at radius 1 is 1.00 bits per heavy atom. The lowest BCUT2D eigenvalue weighted by Crippen LogP contribution is -2.25. The van der Waals surface area contributed by atoms with Gasteiger partial charge in [0.15, 0.2) is 0 Å². The number of carbonyl (C=O) groups excluding carboxylic acids is 1. The van der Waals surface area contributed by atoms with Crippen LogP contribution >= 0.6 is 0 Å². The number of aryl methyl sites for hydroxylation is 1. The quantitative estimate of drug-likeness (QED) is 0.827. The van der Waals surface area contributed by atoms with Gasteiger partial charge in [-0.3, -0.25) is 4.79 Å². The zero-order valence-electron chi connectivity index (χ0n) is 12.5. The number of anilines is 1. The summed E-state index contributed by atoms with van der Waals surface area (Å²) in [6.45, 7) is 0.629. The molecule has 0 saturated heterocycles. The van der Waals surface area contributed by atoms with Crippen molar-refractivity contribution in [3.05, 3.63) is 65.7 Å². The van der Waals surface area contributed by atoms with Crippen molar-refractivity contribution in [2.24, 2.45) is 0 Å². The van der Waals surface area contributed by atoms with Crippen LogP contribution in [-0.4, -0.2) is 17.9 Å². The third kappa shape index (κ3) is 4.95. The van der Waals surface area contributed by atoms with Crippen LogP contribution in [0.2, 0.25) is 0 Å². The normalized spacial score (nSPS) is 10.3. The number of hydrogen-bond donors (Lipinski definition) is 1. The number of nitrogens with two attached hydrogens (primary N) is 1. The van der Waals surface area contributed by atoms with Gasteiger partial charge in [0.25, 0.3) is 0 Å². The molecule has 0 aromatic heterocycles. The average molecular weight is 282 g/mol. The summed E-state index contributed by atoms with van der Waals surface area (Å²) in [4.78, 5) is 13.9. The zero-order chi connectivity index (χ0) is 15.1. The first-order valence-corrected chi connectivity index (χ1v) is 7.27. The Balaban J connectivity index is 1.76. The van der Waals surface area contributed by atoms with Crippen molar-refractivity contribution in [2.75, 3.05) is 12.8 Å². The molecule has 3 heteroatoms. The van der Waals surface area contributed by atoms with Crippen LogP contribution in [-0.2, 0) is 17.8 Å². The minimum atomic E-state index is 0.183. The van der Waals surface area contributed by atoms with Gasteiger partial charge in [-0.15, -0.1) is 0 Å².